The number of hydrogen-bond acceptors (Lipinski definition) is 4. The van der Waals surface area contributed by atoms with Crippen LogP contribution in [0.4, 0.5) is 0 Å². The lowest BCUT2D eigenvalue weighted by atomic mass is 9.73. The molecule has 1 aromatic heterocycles. The molecule has 0 aliphatic carbocycles. The van der Waals surface area contributed by atoms with Crippen LogP contribution in [-0.4, -0.2) is 36.1 Å². The predicted octanol–water partition coefficient (Wildman–Crippen LogP) is 2.42. The van der Waals surface area contributed by atoms with Crippen LogP contribution in [0.3, 0.4) is 0 Å². The van der Waals surface area contributed by atoms with Gasteiger partial charge in [-0.25, -0.2) is 4.98 Å². The summed E-state index contributed by atoms with van der Waals surface area (Å²) >= 11 is 1.77. The lowest BCUT2D eigenvalue weighted by molar-refractivity contribution is 0.0744. The summed E-state index contributed by atoms with van der Waals surface area (Å²) in [6, 6.07) is 0. The zero-order valence-corrected chi connectivity index (χ0v) is 12.1. The maximum absolute atomic E-state index is 4.57. The van der Waals surface area contributed by atoms with Gasteiger partial charge >= 0.3 is 0 Å². The van der Waals surface area contributed by atoms with Crippen LogP contribution in [0.15, 0.2) is 5.38 Å². The smallest absolute Gasteiger partial charge is 0.0897 e. The van der Waals surface area contributed by atoms with E-state index in [0.29, 0.717) is 5.41 Å². The Morgan fingerprint density at radius 3 is 2.83 bits per heavy atom. The molecule has 2 saturated heterocycles. The van der Waals surface area contributed by atoms with Crippen molar-refractivity contribution in [3.8, 4) is 0 Å². The number of nitrogens with zero attached hydrogens (tertiary/aromatic N) is 2. The molecule has 3 heterocycles. The van der Waals surface area contributed by atoms with Gasteiger partial charge < -0.3 is 5.32 Å². The zero-order chi connectivity index (χ0) is 12.4. The fraction of sp³-hybridized carbons (Fsp3) is 0.786. The Kier molecular flexibility index (Phi) is 3.68. The zero-order valence-electron chi connectivity index (χ0n) is 11.2. The molecule has 2 aliphatic rings. The van der Waals surface area contributed by atoms with Crippen LogP contribution in [0.5, 0.6) is 0 Å². The predicted molar refractivity (Wildman–Crippen MR) is 75.9 cm³/mol. The maximum Gasteiger partial charge on any atom is 0.0897 e. The minimum atomic E-state index is 0.618. The fourth-order valence-electron chi connectivity index (χ4n) is 3.35. The van der Waals surface area contributed by atoms with Gasteiger partial charge in [0.1, 0.15) is 0 Å². The second-order valence-electron chi connectivity index (χ2n) is 5.91. The number of aryl methyl sites for hydroxylation is 1. The molecule has 3 rings (SSSR count). The van der Waals surface area contributed by atoms with E-state index in [9.17, 15) is 0 Å². The summed E-state index contributed by atoms with van der Waals surface area (Å²) < 4.78 is 0. The van der Waals surface area contributed by atoms with Gasteiger partial charge in [0, 0.05) is 18.5 Å². The molecule has 0 bridgehead atoms. The van der Waals surface area contributed by atoms with Gasteiger partial charge in [0.15, 0.2) is 0 Å². The monoisotopic (exact) mass is 265 g/mol. The third-order valence-electron chi connectivity index (χ3n) is 4.53. The van der Waals surface area contributed by atoms with E-state index in [1.165, 1.54) is 62.6 Å². The van der Waals surface area contributed by atoms with Gasteiger partial charge in [0.2, 0.25) is 0 Å². The van der Waals surface area contributed by atoms with Gasteiger partial charge in [0.25, 0.3) is 0 Å². The lowest BCUT2D eigenvalue weighted by Crippen LogP contribution is -2.47. The first-order valence-electron chi connectivity index (χ1n) is 7.10. The van der Waals surface area contributed by atoms with Gasteiger partial charge in [-0.2, -0.15) is 0 Å². The number of nitrogens with one attached hydrogen (secondary N) is 1. The Hall–Kier alpha value is -0.450. The summed E-state index contributed by atoms with van der Waals surface area (Å²) in [5.41, 5.74) is 1.88. The number of likely N-dealkylation sites (tertiary alicyclic amines) is 1. The second kappa shape index (κ2) is 5.27. The Balaban J connectivity index is 1.53. The minimum Gasteiger partial charge on any atom is -0.316 e. The lowest BCUT2D eigenvalue weighted by Gasteiger charge is -2.44. The molecule has 0 amide bonds. The van der Waals surface area contributed by atoms with Crippen LogP contribution in [0.25, 0.3) is 0 Å². The molecular formula is C14H23N3S. The van der Waals surface area contributed by atoms with E-state index in [2.05, 4.69) is 27.5 Å². The summed E-state index contributed by atoms with van der Waals surface area (Å²) in [6.45, 7) is 8.11. The quantitative estimate of drug-likeness (QED) is 0.890. The number of rotatable bonds is 2. The van der Waals surface area contributed by atoms with Crippen molar-refractivity contribution in [2.45, 2.75) is 39.2 Å². The van der Waals surface area contributed by atoms with Gasteiger partial charge in [0.05, 0.1) is 10.7 Å². The highest BCUT2D eigenvalue weighted by Crippen LogP contribution is 2.37. The topological polar surface area (TPSA) is 28.2 Å². The Bertz CT molecular complexity index is 385. The Morgan fingerprint density at radius 1 is 1.39 bits per heavy atom. The van der Waals surface area contributed by atoms with Crippen molar-refractivity contribution in [2.75, 3.05) is 26.2 Å². The van der Waals surface area contributed by atoms with E-state index in [-0.39, 0.29) is 0 Å². The van der Waals surface area contributed by atoms with Crippen LogP contribution in [0.2, 0.25) is 0 Å². The summed E-state index contributed by atoms with van der Waals surface area (Å²) in [4.78, 5) is 7.15. The van der Waals surface area contributed by atoms with Gasteiger partial charge in [-0.3, -0.25) is 4.90 Å². The average Bonchev–Trinajstić information content (AvgIpc) is 2.79. The fourth-order valence-corrected chi connectivity index (χ4v) is 3.96. The molecule has 2 fully saturated rings. The highest BCUT2D eigenvalue weighted by molar-refractivity contribution is 7.09. The largest absolute Gasteiger partial charge is 0.316 e. The Morgan fingerprint density at radius 2 is 2.22 bits per heavy atom. The van der Waals surface area contributed by atoms with Crippen LogP contribution in [-0.2, 0) is 6.54 Å². The number of aromatic nitrogens is 1. The van der Waals surface area contributed by atoms with E-state index >= 15 is 0 Å². The summed E-state index contributed by atoms with van der Waals surface area (Å²) in [7, 11) is 0. The van der Waals surface area contributed by atoms with Crippen molar-refractivity contribution in [1.29, 1.82) is 0 Å². The van der Waals surface area contributed by atoms with Crippen molar-refractivity contribution in [3.63, 3.8) is 0 Å². The molecule has 1 spiro atoms. The number of piperidine rings is 2. The van der Waals surface area contributed by atoms with E-state index in [4.69, 9.17) is 0 Å². The molecule has 1 N–H and O–H groups in total. The molecule has 0 atom stereocenters. The standard InChI is InChI=1S/C14H23N3S/c1-12-16-13(10-18-12)9-17-7-4-14(5-8-17)3-2-6-15-11-14/h10,15H,2-9,11H2,1H3. The molecule has 4 heteroatoms. The van der Waals surface area contributed by atoms with Crippen LogP contribution < -0.4 is 5.32 Å². The average molecular weight is 265 g/mol. The maximum atomic E-state index is 4.57. The number of hydrogen-bond donors (Lipinski definition) is 1. The van der Waals surface area contributed by atoms with E-state index in [0.717, 1.165) is 6.54 Å². The van der Waals surface area contributed by atoms with Crippen molar-refractivity contribution in [2.24, 2.45) is 5.41 Å². The first-order valence-corrected chi connectivity index (χ1v) is 7.98. The highest BCUT2D eigenvalue weighted by Gasteiger charge is 2.35. The van der Waals surface area contributed by atoms with Crippen molar-refractivity contribution >= 4 is 11.3 Å². The molecule has 0 radical (unpaired) electrons. The van der Waals surface area contributed by atoms with Gasteiger partial charge in [-0.15, -0.1) is 11.3 Å². The normalized spacial score (nSPS) is 24.5. The summed E-state index contributed by atoms with van der Waals surface area (Å²) in [5, 5.41) is 6.98. The molecule has 1 aromatic rings. The van der Waals surface area contributed by atoms with E-state index in [1.54, 1.807) is 11.3 Å². The summed E-state index contributed by atoms with van der Waals surface area (Å²) in [6.07, 6.45) is 5.53. The van der Waals surface area contributed by atoms with Crippen molar-refractivity contribution in [1.82, 2.24) is 15.2 Å². The third kappa shape index (κ3) is 2.76. The van der Waals surface area contributed by atoms with Gasteiger partial charge in [-0.1, -0.05) is 0 Å². The molecule has 0 saturated carbocycles. The van der Waals surface area contributed by atoms with Crippen LogP contribution >= 0.6 is 11.3 Å². The SMILES string of the molecule is Cc1nc(CN2CCC3(CCCNC3)CC2)cs1. The first-order chi connectivity index (χ1) is 8.76. The number of thiazole rings is 1. The van der Waals surface area contributed by atoms with Crippen LogP contribution in [0.1, 0.15) is 36.4 Å². The molecule has 100 valence electrons. The van der Waals surface area contributed by atoms with E-state index in [1.807, 2.05) is 0 Å². The first kappa shape index (κ1) is 12.6. The Labute approximate surface area is 114 Å². The molecule has 18 heavy (non-hydrogen) atoms. The van der Waals surface area contributed by atoms with Crippen molar-refractivity contribution < 1.29 is 0 Å². The molecular weight excluding hydrogens is 242 g/mol. The summed E-state index contributed by atoms with van der Waals surface area (Å²) in [5.74, 6) is 0. The van der Waals surface area contributed by atoms with Crippen molar-refractivity contribution in [3.05, 3.63) is 16.1 Å². The highest BCUT2D eigenvalue weighted by atomic mass is 32.1. The molecule has 0 unspecified atom stereocenters. The molecule has 0 aromatic carbocycles. The van der Waals surface area contributed by atoms with Crippen LogP contribution in [0, 0.1) is 12.3 Å². The van der Waals surface area contributed by atoms with Gasteiger partial charge in [-0.05, 0) is 57.7 Å². The molecule has 2 aliphatic heterocycles. The van der Waals surface area contributed by atoms with E-state index < -0.39 is 0 Å². The molecule has 3 nitrogen and oxygen atoms in total. The minimum absolute atomic E-state index is 0.618. The second-order valence-corrected chi connectivity index (χ2v) is 6.98. The third-order valence-corrected chi connectivity index (χ3v) is 5.35.